The number of sulfonamides is 1. The smallest absolute Gasteiger partial charge is 0.244 e. The van der Waals surface area contributed by atoms with Crippen LogP contribution in [0.25, 0.3) is 0 Å². The van der Waals surface area contributed by atoms with E-state index in [0.717, 1.165) is 17.0 Å². The summed E-state index contributed by atoms with van der Waals surface area (Å²) in [5.41, 5.74) is 0.823. The normalized spacial score (nSPS) is 13.2. The highest BCUT2D eigenvalue weighted by molar-refractivity contribution is 7.92. The number of benzene rings is 2. The zero-order valence-electron chi connectivity index (χ0n) is 19.1. The fourth-order valence-corrected chi connectivity index (χ4v) is 4.48. The van der Waals surface area contributed by atoms with Crippen LogP contribution in [0.15, 0.2) is 48.5 Å². The van der Waals surface area contributed by atoms with E-state index in [2.05, 4.69) is 5.32 Å². The molecule has 33 heavy (non-hydrogen) atoms. The van der Waals surface area contributed by atoms with Crippen molar-refractivity contribution in [2.45, 2.75) is 45.8 Å². The standard InChI is InChI=1S/C23H29Cl2N3O4S/c1-5-16(2)26-23(30)17(3)27(14-19-20(24)12-9-13-21(19)25)22(29)15-28(33(4,31)32)18-10-7-6-8-11-18/h6-13,16-17H,5,14-15H2,1-4H3,(H,26,30)/t16-,17-/m0/s1. The fourth-order valence-electron chi connectivity index (χ4n) is 3.11. The van der Waals surface area contributed by atoms with Crippen molar-refractivity contribution in [1.29, 1.82) is 0 Å². The van der Waals surface area contributed by atoms with Gasteiger partial charge in [-0.3, -0.25) is 13.9 Å². The summed E-state index contributed by atoms with van der Waals surface area (Å²) < 4.78 is 26.0. The van der Waals surface area contributed by atoms with Gasteiger partial charge in [-0.1, -0.05) is 54.4 Å². The minimum absolute atomic E-state index is 0.0567. The monoisotopic (exact) mass is 513 g/mol. The average Bonchev–Trinajstić information content (AvgIpc) is 2.76. The number of hydrogen-bond acceptors (Lipinski definition) is 4. The van der Waals surface area contributed by atoms with Gasteiger partial charge in [0.05, 0.1) is 11.9 Å². The number of halogens is 2. The third-order valence-corrected chi connectivity index (χ3v) is 7.13. The van der Waals surface area contributed by atoms with Gasteiger partial charge >= 0.3 is 0 Å². The molecule has 0 aromatic heterocycles. The Morgan fingerprint density at radius 1 is 1.00 bits per heavy atom. The summed E-state index contributed by atoms with van der Waals surface area (Å²) in [6.07, 6.45) is 1.75. The first-order valence-corrected chi connectivity index (χ1v) is 13.1. The van der Waals surface area contributed by atoms with Crippen LogP contribution >= 0.6 is 23.2 Å². The number of rotatable bonds is 10. The number of hydrogen-bond donors (Lipinski definition) is 1. The number of nitrogens with one attached hydrogen (secondary N) is 1. The molecule has 0 unspecified atom stereocenters. The summed E-state index contributed by atoms with van der Waals surface area (Å²) in [6.45, 7) is 4.85. The Morgan fingerprint density at radius 2 is 1.58 bits per heavy atom. The first-order valence-electron chi connectivity index (χ1n) is 10.5. The van der Waals surface area contributed by atoms with Crippen molar-refractivity contribution in [2.24, 2.45) is 0 Å². The summed E-state index contributed by atoms with van der Waals surface area (Å²) in [6, 6.07) is 12.3. The molecule has 0 aliphatic carbocycles. The maximum Gasteiger partial charge on any atom is 0.244 e. The van der Waals surface area contributed by atoms with E-state index in [1.165, 1.54) is 4.90 Å². The van der Waals surface area contributed by atoms with E-state index in [1.54, 1.807) is 55.5 Å². The van der Waals surface area contributed by atoms with E-state index < -0.39 is 28.5 Å². The Balaban J connectivity index is 2.42. The van der Waals surface area contributed by atoms with Gasteiger partial charge in [-0.2, -0.15) is 0 Å². The number of amides is 2. The minimum Gasteiger partial charge on any atom is -0.352 e. The molecule has 7 nitrogen and oxygen atoms in total. The lowest BCUT2D eigenvalue weighted by Crippen LogP contribution is -2.52. The van der Waals surface area contributed by atoms with Crippen LogP contribution < -0.4 is 9.62 Å². The molecule has 2 aromatic carbocycles. The van der Waals surface area contributed by atoms with Crippen LogP contribution in [-0.2, 0) is 26.2 Å². The van der Waals surface area contributed by atoms with Crippen molar-refractivity contribution in [3.63, 3.8) is 0 Å². The molecule has 0 saturated carbocycles. The molecule has 0 saturated heterocycles. The van der Waals surface area contributed by atoms with Gasteiger partial charge in [0.1, 0.15) is 12.6 Å². The number of nitrogens with zero attached hydrogens (tertiary/aromatic N) is 2. The Labute approximate surface area is 205 Å². The van der Waals surface area contributed by atoms with Crippen molar-refractivity contribution in [3.05, 3.63) is 64.1 Å². The average molecular weight is 514 g/mol. The van der Waals surface area contributed by atoms with Gasteiger partial charge in [0.25, 0.3) is 0 Å². The minimum atomic E-state index is -3.77. The van der Waals surface area contributed by atoms with Crippen LogP contribution in [0, 0.1) is 0 Å². The fraction of sp³-hybridized carbons (Fsp3) is 0.391. The van der Waals surface area contributed by atoms with Crippen molar-refractivity contribution in [1.82, 2.24) is 10.2 Å². The van der Waals surface area contributed by atoms with Gasteiger partial charge in [-0.05, 0) is 44.5 Å². The predicted octanol–water partition coefficient (Wildman–Crippen LogP) is 4.09. The summed E-state index contributed by atoms with van der Waals surface area (Å²) in [4.78, 5) is 27.6. The summed E-state index contributed by atoms with van der Waals surface area (Å²) >= 11 is 12.6. The molecule has 2 rings (SSSR count). The second-order valence-electron chi connectivity index (χ2n) is 7.82. The Hall–Kier alpha value is -2.29. The molecule has 1 N–H and O–H groups in total. The highest BCUT2D eigenvalue weighted by atomic mass is 35.5. The molecule has 10 heteroatoms. The molecule has 0 aliphatic heterocycles. The van der Waals surface area contributed by atoms with Gasteiger partial charge in [0.15, 0.2) is 0 Å². The predicted molar refractivity (Wildman–Crippen MR) is 133 cm³/mol. The van der Waals surface area contributed by atoms with E-state index in [0.29, 0.717) is 21.3 Å². The van der Waals surface area contributed by atoms with Gasteiger partial charge in [-0.15, -0.1) is 0 Å². The highest BCUT2D eigenvalue weighted by Crippen LogP contribution is 2.27. The largest absolute Gasteiger partial charge is 0.352 e. The topological polar surface area (TPSA) is 86.8 Å². The van der Waals surface area contributed by atoms with E-state index >= 15 is 0 Å². The number of carbonyl (C=O) groups excluding carboxylic acids is 2. The van der Waals surface area contributed by atoms with Gasteiger partial charge < -0.3 is 10.2 Å². The van der Waals surface area contributed by atoms with Crippen LogP contribution in [-0.4, -0.2) is 50.0 Å². The van der Waals surface area contributed by atoms with Crippen LogP contribution in [0.3, 0.4) is 0 Å². The molecular formula is C23H29Cl2N3O4S. The quantitative estimate of drug-likeness (QED) is 0.518. The zero-order chi connectivity index (χ0) is 24.8. The molecule has 0 aliphatic rings. The van der Waals surface area contributed by atoms with Crippen molar-refractivity contribution < 1.29 is 18.0 Å². The number of anilines is 1. The molecule has 2 atom stereocenters. The molecule has 0 radical (unpaired) electrons. The van der Waals surface area contributed by atoms with Gasteiger partial charge in [0, 0.05) is 28.2 Å². The molecule has 180 valence electrons. The highest BCUT2D eigenvalue weighted by Gasteiger charge is 2.31. The van der Waals surface area contributed by atoms with Crippen LogP contribution in [0.1, 0.15) is 32.8 Å². The SMILES string of the molecule is CC[C@H](C)NC(=O)[C@H](C)N(Cc1c(Cl)cccc1Cl)C(=O)CN(c1ccccc1)S(C)(=O)=O. The van der Waals surface area contributed by atoms with Crippen LogP contribution in [0.5, 0.6) is 0 Å². The van der Waals surface area contributed by atoms with Crippen molar-refractivity contribution in [3.8, 4) is 0 Å². The molecule has 2 aromatic rings. The molecular weight excluding hydrogens is 485 g/mol. The van der Waals surface area contributed by atoms with Crippen molar-refractivity contribution in [2.75, 3.05) is 17.1 Å². The maximum absolute atomic E-state index is 13.5. The van der Waals surface area contributed by atoms with Crippen LogP contribution in [0.4, 0.5) is 5.69 Å². The molecule has 0 bridgehead atoms. The molecule has 0 fully saturated rings. The Kier molecular flexibility index (Phi) is 9.57. The number of para-hydroxylation sites is 1. The van der Waals surface area contributed by atoms with Crippen LogP contribution in [0.2, 0.25) is 10.0 Å². The summed E-state index contributed by atoms with van der Waals surface area (Å²) in [5, 5.41) is 3.55. The maximum atomic E-state index is 13.5. The van der Waals surface area contributed by atoms with Gasteiger partial charge in [-0.25, -0.2) is 8.42 Å². The first kappa shape index (κ1) is 27.0. The second kappa shape index (κ2) is 11.7. The van der Waals surface area contributed by atoms with E-state index in [9.17, 15) is 18.0 Å². The number of carbonyl (C=O) groups is 2. The van der Waals surface area contributed by atoms with E-state index in [1.807, 2.05) is 13.8 Å². The zero-order valence-corrected chi connectivity index (χ0v) is 21.4. The first-order chi connectivity index (χ1) is 15.5. The molecule has 2 amide bonds. The van der Waals surface area contributed by atoms with E-state index in [4.69, 9.17) is 23.2 Å². The Bertz CT molecular complexity index is 1060. The molecule has 0 heterocycles. The Morgan fingerprint density at radius 3 is 2.09 bits per heavy atom. The third-order valence-electron chi connectivity index (χ3n) is 5.28. The van der Waals surface area contributed by atoms with Gasteiger partial charge in [0.2, 0.25) is 21.8 Å². The lowest BCUT2D eigenvalue weighted by Gasteiger charge is -2.32. The lowest BCUT2D eigenvalue weighted by molar-refractivity contribution is -0.139. The summed E-state index contributed by atoms with van der Waals surface area (Å²) in [5.74, 6) is -0.918. The summed E-state index contributed by atoms with van der Waals surface area (Å²) in [7, 11) is -3.77. The second-order valence-corrected chi connectivity index (χ2v) is 10.5. The lowest BCUT2D eigenvalue weighted by atomic mass is 10.1. The van der Waals surface area contributed by atoms with Crippen molar-refractivity contribution >= 4 is 50.7 Å². The molecule has 0 spiro atoms. The third kappa shape index (κ3) is 7.35. The van der Waals surface area contributed by atoms with E-state index in [-0.39, 0.29) is 18.5 Å².